The number of hydrogen-bond acceptors (Lipinski definition) is 5. The van der Waals surface area contributed by atoms with Crippen LogP contribution in [0, 0.1) is 0 Å². The average Bonchev–Trinajstić information content (AvgIpc) is 2.80. The van der Waals surface area contributed by atoms with Gasteiger partial charge in [0.1, 0.15) is 0 Å². The molecular formula is C23H17N3O4. The van der Waals surface area contributed by atoms with Crippen molar-refractivity contribution in [3.63, 3.8) is 0 Å². The van der Waals surface area contributed by atoms with E-state index in [4.69, 9.17) is 4.74 Å². The number of nitrogens with one attached hydrogen (secondary N) is 1. The Labute approximate surface area is 171 Å². The lowest BCUT2D eigenvalue weighted by molar-refractivity contribution is 0.0602. The number of aromatic nitrogens is 2. The fourth-order valence-electron chi connectivity index (χ4n) is 3.16. The van der Waals surface area contributed by atoms with Crippen molar-refractivity contribution >= 4 is 28.3 Å². The van der Waals surface area contributed by atoms with Gasteiger partial charge in [-0.05, 0) is 30.3 Å². The molecule has 4 rings (SSSR count). The van der Waals surface area contributed by atoms with Crippen LogP contribution in [0.2, 0.25) is 0 Å². The Hall–Kier alpha value is -4.26. The monoisotopic (exact) mass is 399 g/mol. The first kappa shape index (κ1) is 19.1. The fourth-order valence-corrected chi connectivity index (χ4v) is 3.16. The molecule has 0 unspecified atom stereocenters. The summed E-state index contributed by atoms with van der Waals surface area (Å²) in [6.45, 7) is 0. The first-order valence-electron chi connectivity index (χ1n) is 9.16. The second-order valence-electron chi connectivity index (χ2n) is 6.44. The maximum absolute atomic E-state index is 13.1. The van der Waals surface area contributed by atoms with Gasteiger partial charge in [-0.15, -0.1) is 0 Å². The number of carbonyl (C=O) groups is 2. The van der Waals surface area contributed by atoms with E-state index in [1.54, 1.807) is 72.8 Å². The number of ether oxygens (including phenoxy) is 1. The SMILES string of the molecule is COC(=O)c1ccccc1NC(=O)c1nn(-c2ccccc2)c(=O)c2ccccc12. The second-order valence-corrected chi connectivity index (χ2v) is 6.44. The molecule has 30 heavy (non-hydrogen) atoms. The van der Waals surface area contributed by atoms with Crippen LogP contribution in [-0.2, 0) is 4.74 Å². The molecule has 0 aliphatic rings. The number of esters is 1. The standard InChI is InChI=1S/C23H17N3O4/c1-30-23(29)18-13-7-8-14-19(18)24-21(27)20-16-11-5-6-12-17(16)22(28)26(25-20)15-9-3-2-4-10-15/h2-14H,1H3,(H,24,27). The van der Waals surface area contributed by atoms with Gasteiger partial charge in [-0.1, -0.05) is 48.5 Å². The molecule has 1 N–H and O–H groups in total. The molecule has 1 aromatic heterocycles. The van der Waals surface area contributed by atoms with Crippen molar-refractivity contribution in [2.24, 2.45) is 0 Å². The summed E-state index contributed by atoms with van der Waals surface area (Å²) in [5.74, 6) is -1.12. The van der Waals surface area contributed by atoms with Crippen LogP contribution in [0.1, 0.15) is 20.8 Å². The van der Waals surface area contributed by atoms with Gasteiger partial charge < -0.3 is 10.1 Å². The number of hydrogen-bond donors (Lipinski definition) is 1. The van der Waals surface area contributed by atoms with E-state index < -0.39 is 11.9 Å². The molecule has 1 amide bonds. The maximum atomic E-state index is 13.1. The van der Waals surface area contributed by atoms with Gasteiger partial charge in [0.25, 0.3) is 11.5 Å². The number of para-hydroxylation sites is 2. The molecule has 3 aromatic carbocycles. The lowest BCUT2D eigenvalue weighted by atomic mass is 10.1. The molecule has 1 heterocycles. The molecule has 0 aliphatic heterocycles. The molecule has 0 radical (unpaired) electrons. The summed E-state index contributed by atoms with van der Waals surface area (Å²) in [4.78, 5) is 38.1. The number of nitrogens with zero attached hydrogens (tertiary/aromatic N) is 2. The predicted octanol–water partition coefficient (Wildman–Crippen LogP) is 3.42. The quantitative estimate of drug-likeness (QED) is 0.531. The van der Waals surface area contributed by atoms with Gasteiger partial charge in [-0.25, -0.2) is 4.79 Å². The Bertz CT molecular complexity index is 1310. The smallest absolute Gasteiger partial charge is 0.339 e. The van der Waals surface area contributed by atoms with Crippen LogP contribution in [-0.4, -0.2) is 28.8 Å². The Morgan fingerprint density at radius 1 is 0.867 bits per heavy atom. The summed E-state index contributed by atoms with van der Waals surface area (Å²) in [6.07, 6.45) is 0. The molecule has 0 spiro atoms. The largest absolute Gasteiger partial charge is 0.465 e. The summed E-state index contributed by atoms with van der Waals surface area (Å²) < 4.78 is 5.97. The number of benzene rings is 3. The van der Waals surface area contributed by atoms with Crippen LogP contribution >= 0.6 is 0 Å². The number of methoxy groups -OCH3 is 1. The number of rotatable bonds is 4. The Morgan fingerprint density at radius 2 is 1.50 bits per heavy atom. The van der Waals surface area contributed by atoms with Gasteiger partial charge in [0.2, 0.25) is 0 Å². The lowest BCUT2D eigenvalue weighted by Gasteiger charge is -2.13. The van der Waals surface area contributed by atoms with Gasteiger partial charge in [0, 0.05) is 5.39 Å². The topological polar surface area (TPSA) is 90.3 Å². The minimum Gasteiger partial charge on any atom is -0.465 e. The fraction of sp³-hybridized carbons (Fsp3) is 0.0435. The van der Waals surface area contributed by atoms with E-state index in [0.717, 1.165) is 0 Å². The van der Waals surface area contributed by atoms with Gasteiger partial charge in [-0.3, -0.25) is 9.59 Å². The molecular weight excluding hydrogens is 382 g/mol. The third-order valence-corrected chi connectivity index (χ3v) is 4.60. The zero-order chi connectivity index (χ0) is 21.1. The van der Waals surface area contributed by atoms with Gasteiger partial charge in [-0.2, -0.15) is 9.78 Å². The summed E-state index contributed by atoms with van der Waals surface area (Å²) in [7, 11) is 1.27. The molecule has 7 nitrogen and oxygen atoms in total. The summed E-state index contributed by atoms with van der Waals surface area (Å²) >= 11 is 0. The molecule has 0 aliphatic carbocycles. The minimum absolute atomic E-state index is 0.0636. The number of carbonyl (C=O) groups excluding carboxylic acids is 2. The second kappa shape index (κ2) is 8.00. The van der Waals surface area contributed by atoms with Crippen molar-refractivity contribution in [3.8, 4) is 5.69 Å². The van der Waals surface area contributed by atoms with E-state index in [1.807, 2.05) is 6.07 Å². The van der Waals surface area contributed by atoms with Crippen LogP contribution in [0.15, 0.2) is 83.7 Å². The lowest BCUT2D eigenvalue weighted by Crippen LogP contribution is -2.26. The first-order chi connectivity index (χ1) is 14.6. The summed E-state index contributed by atoms with van der Waals surface area (Å²) in [5.41, 5.74) is 0.779. The molecule has 0 fully saturated rings. The number of amides is 1. The van der Waals surface area contributed by atoms with Gasteiger partial charge in [0.15, 0.2) is 5.69 Å². The Kier molecular flexibility index (Phi) is 5.09. The molecule has 4 aromatic rings. The average molecular weight is 399 g/mol. The summed E-state index contributed by atoms with van der Waals surface area (Å²) in [6, 6.07) is 22.2. The van der Waals surface area contributed by atoms with E-state index in [1.165, 1.54) is 11.8 Å². The Morgan fingerprint density at radius 3 is 2.23 bits per heavy atom. The van der Waals surface area contributed by atoms with Crippen molar-refractivity contribution < 1.29 is 14.3 Å². The van der Waals surface area contributed by atoms with Gasteiger partial charge in [0.05, 0.1) is 29.4 Å². The highest BCUT2D eigenvalue weighted by molar-refractivity contribution is 6.13. The highest BCUT2D eigenvalue weighted by atomic mass is 16.5. The molecule has 0 saturated heterocycles. The van der Waals surface area contributed by atoms with Crippen molar-refractivity contribution in [1.82, 2.24) is 9.78 Å². The highest BCUT2D eigenvalue weighted by Gasteiger charge is 2.20. The Balaban J connectivity index is 1.85. The van der Waals surface area contributed by atoms with Crippen LogP contribution in [0.4, 0.5) is 5.69 Å². The van der Waals surface area contributed by atoms with Crippen molar-refractivity contribution in [3.05, 3.63) is 100 Å². The van der Waals surface area contributed by atoms with Crippen molar-refractivity contribution in [2.75, 3.05) is 12.4 Å². The third kappa shape index (κ3) is 3.44. The normalized spacial score (nSPS) is 10.6. The van der Waals surface area contributed by atoms with Crippen molar-refractivity contribution in [1.29, 1.82) is 0 Å². The van der Waals surface area contributed by atoms with E-state index in [0.29, 0.717) is 16.5 Å². The molecule has 0 saturated carbocycles. The van der Waals surface area contributed by atoms with E-state index in [-0.39, 0.29) is 22.5 Å². The van der Waals surface area contributed by atoms with Crippen LogP contribution < -0.4 is 10.9 Å². The van der Waals surface area contributed by atoms with Gasteiger partial charge >= 0.3 is 5.97 Å². The van der Waals surface area contributed by atoms with E-state index in [9.17, 15) is 14.4 Å². The predicted molar refractivity (Wildman–Crippen MR) is 113 cm³/mol. The van der Waals surface area contributed by atoms with Crippen LogP contribution in [0.3, 0.4) is 0 Å². The zero-order valence-electron chi connectivity index (χ0n) is 16.0. The number of fused-ring (bicyclic) bond motifs is 1. The maximum Gasteiger partial charge on any atom is 0.339 e. The van der Waals surface area contributed by atoms with E-state index >= 15 is 0 Å². The van der Waals surface area contributed by atoms with Crippen LogP contribution in [0.25, 0.3) is 16.5 Å². The first-order valence-corrected chi connectivity index (χ1v) is 9.16. The highest BCUT2D eigenvalue weighted by Crippen LogP contribution is 2.20. The molecule has 0 bridgehead atoms. The number of anilines is 1. The van der Waals surface area contributed by atoms with E-state index in [2.05, 4.69) is 10.4 Å². The molecule has 0 atom stereocenters. The summed E-state index contributed by atoms with van der Waals surface area (Å²) in [5, 5.41) is 7.83. The minimum atomic E-state index is -0.571. The zero-order valence-corrected chi connectivity index (χ0v) is 16.0. The van der Waals surface area contributed by atoms with Crippen molar-refractivity contribution in [2.45, 2.75) is 0 Å². The molecule has 7 heteroatoms. The third-order valence-electron chi connectivity index (χ3n) is 4.60. The molecule has 148 valence electrons. The van der Waals surface area contributed by atoms with Crippen LogP contribution in [0.5, 0.6) is 0 Å².